The fourth-order valence-corrected chi connectivity index (χ4v) is 7.31. The topological polar surface area (TPSA) is 125 Å². The van der Waals surface area contributed by atoms with E-state index < -0.39 is 21.3 Å². The zero-order valence-corrected chi connectivity index (χ0v) is 22.5. The van der Waals surface area contributed by atoms with Gasteiger partial charge in [0.25, 0.3) is 5.91 Å². The van der Waals surface area contributed by atoms with Crippen LogP contribution in [0.1, 0.15) is 75.7 Å². The van der Waals surface area contributed by atoms with Crippen LogP contribution in [-0.2, 0) is 9.84 Å². The number of carbonyl (C=O) groups excluding carboxylic acids is 1. The van der Waals surface area contributed by atoms with Gasteiger partial charge in [0, 0.05) is 18.8 Å². The molecule has 1 aliphatic heterocycles. The van der Waals surface area contributed by atoms with Crippen LogP contribution in [0.5, 0.6) is 0 Å². The Balaban J connectivity index is 1.40. The molecule has 1 spiro atoms. The van der Waals surface area contributed by atoms with Crippen molar-refractivity contribution in [2.24, 2.45) is 5.41 Å². The molecule has 2 aliphatic carbocycles. The fourth-order valence-electron chi connectivity index (χ4n) is 5.41. The Morgan fingerprint density at radius 2 is 1.86 bits per heavy atom. The number of carbonyl (C=O) groups is 1. The molecule has 2 heterocycles. The summed E-state index contributed by atoms with van der Waals surface area (Å²) in [4.78, 5) is 25.0. The van der Waals surface area contributed by atoms with Crippen LogP contribution in [0.15, 0.2) is 35.4 Å². The van der Waals surface area contributed by atoms with Gasteiger partial charge in [-0.15, -0.1) is 0 Å². The number of anilines is 3. The minimum atomic E-state index is -3.43. The second kappa shape index (κ2) is 9.87. The third kappa shape index (κ3) is 5.60. The van der Waals surface area contributed by atoms with Crippen LogP contribution in [0.4, 0.5) is 17.3 Å². The van der Waals surface area contributed by atoms with Crippen molar-refractivity contribution in [3.8, 4) is 0 Å². The predicted molar refractivity (Wildman–Crippen MR) is 144 cm³/mol. The molecule has 2 aromatic rings. The van der Waals surface area contributed by atoms with Crippen LogP contribution < -0.4 is 15.5 Å². The first-order chi connectivity index (χ1) is 17.6. The molecule has 1 saturated heterocycles. The highest BCUT2D eigenvalue weighted by Gasteiger charge is 2.45. The van der Waals surface area contributed by atoms with Crippen molar-refractivity contribution in [3.63, 3.8) is 0 Å². The standard InChI is InChI=1S/C27H37N5O4S/c1-26(2,18-33)31-22-17-28-23(24(30-22)32-14-12-27(10-11-27)13-15-32)25(34)29-19-6-5-9-21(16-19)37(35,36)20-7-3-4-8-20/h5-6,9,16-17,20,33H,3-4,7-8,10-15,18H2,1-2H3,(H,29,34)(H,30,31). The predicted octanol–water partition coefficient (Wildman–Crippen LogP) is 4.01. The molecular formula is C27H37N5O4S. The molecule has 3 fully saturated rings. The third-order valence-corrected chi connectivity index (χ3v) is 10.3. The molecule has 10 heteroatoms. The van der Waals surface area contributed by atoms with Gasteiger partial charge in [-0.1, -0.05) is 18.9 Å². The Bertz CT molecular complexity index is 1260. The number of benzene rings is 1. The van der Waals surface area contributed by atoms with Gasteiger partial charge < -0.3 is 20.6 Å². The number of piperidine rings is 1. The number of hydrogen-bond acceptors (Lipinski definition) is 8. The lowest BCUT2D eigenvalue weighted by Gasteiger charge is -2.34. The van der Waals surface area contributed by atoms with E-state index in [9.17, 15) is 18.3 Å². The number of hydrogen-bond donors (Lipinski definition) is 3. The lowest BCUT2D eigenvalue weighted by molar-refractivity contribution is 0.102. The Hall–Kier alpha value is -2.72. The highest BCUT2D eigenvalue weighted by molar-refractivity contribution is 7.92. The van der Waals surface area contributed by atoms with Gasteiger partial charge in [0.05, 0.1) is 28.5 Å². The van der Waals surface area contributed by atoms with Crippen molar-refractivity contribution < 1.29 is 18.3 Å². The summed E-state index contributed by atoms with van der Waals surface area (Å²) in [5.74, 6) is 0.557. The van der Waals surface area contributed by atoms with Gasteiger partial charge in [0.15, 0.2) is 21.3 Å². The Labute approximate surface area is 219 Å². The average molecular weight is 528 g/mol. The van der Waals surface area contributed by atoms with Gasteiger partial charge in [0.2, 0.25) is 0 Å². The largest absolute Gasteiger partial charge is 0.394 e. The second-order valence-corrected chi connectivity index (χ2v) is 13.7. The SMILES string of the molecule is CC(C)(CO)Nc1cnc(C(=O)Nc2cccc(S(=O)(=O)C3CCCC3)c2)c(N2CCC3(CC2)CC3)n1. The summed E-state index contributed by atoms with van der Waals surface area (Å²) in [6.07, 6.45) is 9.40. The second-order valence-electron chi connectivity index (χ2n) is 11.5. The van der Waals surface area contributed by atoms with E-state index in [1.807, 2.05) is 13.8 Å². The molecule has 5 rings (SSSR count). The molecule has 0 atom stereocenters. The molecule has 3 N–H and O–H groups in total. The van der Waals surface area contributed by atoms with E-state index in [1.165, 1.54) is 25.1 Å². The minimum Gasteiger partial charge on any atom is -0.394 e. The van der Waals surface area contributed by atoms with Crippen LogP contribution >= 0.6 is 0 Å². The van der Waals surface area contributed by atoms with Gasteiger partial charge >= 0.3 is 0 Å². The summed E-state index contributed by atoms with van der Waals surface area (Å²) < 4.78 is 26.1. The van der Waals surface area contributed by atoms with Crippen LogP contribution in [0, 0.1) is 5.41 Å². The number of sulfone groups is 1. The quantitative estimate of drug-likeness (QED) is 0.470. The van der Waals surface area contributed by atoms with Crippen molar-refractivity contribution >= 4 is 33.1 Å². The van der Waals surface area contributed by atoms with E-state index in [-0.39, 0.29) is 22.4 Å². The van der Waals surface area contributed by atoms with Gasteiger partial charge in [-0.2, -0.15) is 0 Å². The summed E-state index contributed by atoms with van der Waals surface area (Å²) in [6.45, 7) is 5.24. The van der Waals surface area contributed by atoms with Crippen LogP contribution in [0.2, 0.25) is 0 Å². The highest BCUT2D eigenvalue weighted by Crippen LogP contribution is 2.54. The van der Waals surface area contributed by atoms with E-state index in [2.05, 4.69) is 20.5 Å². The molecule has 37 heavy (non-hydrogen) atoms. The first-order valence-electron chi connectivity index (χ1n) is 13.3. The van der Waals surface area contributed by atoms with Crippen molar-refractivity contribution in [3.05, 3.63) is 36.2 Å². The Kier molecular flexibility index (Phi) is 6.91. The van der Waals surface area contributed by atoms with Crippen LogP contribution in [-0.4, -0.2) is 59.9 Å². The summed E-state index contributed by atoms with van der Waals surface area (Å²) in [6, 6.07) is 6.49. The molecule has 0 bridgehead atoms. The molecular weight excluding hydrogens is 490 g/mol. The van der Waals surface area contributed by atoms with Crippen molar-refractivity contribution in [2.75, 3.05) is 35.2 Å². The molecule has 0 unspecified atom stereocenters. The number of aromatic nitrogens is 2. The number of amides is 1. The summed E-state index contributed by atoms with van der Waals surface area (Å²) >= 11 is 0. The maximum atomic E-state index is 13.4. The van der Waals surface area contributed by atoms with E-state index in [1.54, 1.807) is 18.2 Å². The molecule has 3 aliphatic rings. The maximum Gasteiger partial charge on any atom is 0.278 e. The summed E-state index contributed by atoms with van der Waals surface area (Å²) in [5, 5.41) is 15.4. The van der Waals surface area contributed by atoms with Gasteiger partial charge in [-0.05, 0) is 76.0 Å². The number of nitrogens with zero attached hydrogens (tertiary/aromatic N) is 3. The molecule has 1 amide bonds. The molecule has 2 saturated carbocycles. The highest BCUT2D eigenvalue weighted by atomic mass is 32.2. The smallest absolute Gasteiger partial charge is 0.278 e. The van der Waals surface area contributed by atoms with Crippen molar-refractivity contribution in [1.29, 1.82) is 0 Å². The first-order valence-corrected chi connectivity index (χ1v) is 14.8. The van der Waals surface area contributed by atoms with Crippen molar-refractivity contribution in [1.82, 2.24) is 9.97 Å². The fraction of sp³-hybridized carbons (Fsp3) is 0.593. The number of aliphatic hydroxyl groups is 1. The van der Waals surface area contributed by atoms with Gasteiger partial charge in [-0.3, -0.25) is 4.79 Å². The monoisotopic (exact) mass is 527 g/mol. The summed E-state index contributed by atoms with van der Waals surface area (Å²) in [5.41, 5.74) is 0.479. The lowest BCUT2D eigenvalue weighted by atomic mass is 9.93. The number of rotatable bonds is 8. The molecule has 200 valence electrons. The maximum absolute atomic E-state index is 13.4. The molecule has 1 aromatic carbocycles. The molecule has 9 nitrogen and oxygen atoms in total. The van der Waals surface area contributed by atoms with Crippen LogP contribution in [0.25, 0.3) is 0 Å². The zero-order chi connectivity index (χ0) is 26.3. The Morgan fingerprint density at radius 3 is 2.51 bits per heavy atom. The van der Waals surface area contributed by atoms with E-state index in [0.717, 1.165) is 38.8 Å². The number of nitrogens with one attached hydrogen (secondary N) is 2. The van der Waals surface area contributed by atoms with Gasteiger partial charge in [-0.25, -0.2) is 18.4 Å². The van der Waals surface area contributed by atoms with Crippen LogP contribution in [0.3, 0.4) is 0 Å². The summed E-state index contributed by atoms with van der Waals surface area (Å²) in [7, 11) is -3.43. The van der Waals surface area contributed by atoms with E-state index in [0.29, 0.717) is 35.6 Å². The zero-order valence-electron chi connectivity index (χ0n) is 21.7. The van der Waals surface area contributed by atoms with Crippen molar-refractivity contribution in [2.45, 2.75) is 80.9 Å². The Morgan fingerprint density at radius 1 is 1.16 bits per heavy atom. The van der Waals surface area contributed by atoms with E-state index >= 15 is 0 Å². The third-order valence-electron chi connectivity index (χ3n) is 8.07. The van der Waals surface area contributed by atoms with Gasteiger partial charge in [0.1, 0.15) is 5.82 Å². The lowest BCUT2D eigenvalue weighted by Crippen LogP contribution is -2.38. The number of aliphatic hydroxyl groups excluding tert-OH is 1. The molecule has 0 radical (unpaired) electrons. The average Bonchev–Trinajstić information content (AvgIpc) is 3.38. The molecule has 1 aromatic heterocycles. The normalized spacial score (nSPS) is 19.7. The van der Waals surface area contributed by atoms with E-state index in [4.69, 9.17) is 4.98 Å². The minimum absolute atomic E-state index is 0.0847. The first kappa shape index (κ1) is 25.9.